The van der Waals surface area contributed by atoms with Crippen LogP contribution in [0.2, 0.25) is 0 Å². The predicted octanol–water partition coefficient (Wildman–Crippen LogP) is 1.20. The molecule has 118 valence electrons. The van der Waals surface area contributed by atoms with Gasteiger partial charge in [-0.1, -0.05) is 24.4 Å². The number of aliphatic hydroxyl groups is 1. The van der Waals surface area contributed by atoms with Gasteiger partial charge in [-0.05, 0) is 38.5 Å². The zero-order chi connectivity index (χ0) is 15.0. The standard InChI is InChI=1S/C15H25N3O3/c16-13(17-21)15(6-2-1-3-7-15)14(20)18-10-4-5-11(18)9-12(19)8-10/h10-12,19,21H,1-9H2,(H2,16,17). The van der Waals surface area contributed by atoms with Crippen molar-refractivity contribution in [2.24, 2.45) is 16.3 Å². The molecule has 0 aromatic carbocycles. The summed E-state index contributed by atoms with van der Waals surface area (Å²) >= 11 is 0. The normalized spacial score (nSPS) is 35.8. The molecule has 2 unspecified atom stereocenters. The van der Waals surface area contributed by atoms with Crippen molar-refractivity contribution in [1.29, 1.82) is 0 Å². The number of piperidine rings is 1. The molecule has 1 amide bonds. The number of carbonyl (C=O) groups is 1. The van der Waals surface area contributed by atoms with Gasteiger partial charge in [0, 0.05) is 12.1 Å². The minimum atomic E-state index is -0.823. The fourth-order valence-electron chi connectivity index (χ4n) is 4.56. The van der Waals surface area contributed by atoms with Gasteiger partial charge in [0.05, 0.1) is 6.10 Å². The molecular weight excluding hydrogens is 270 g/mol. The topological polar surface area (TPSA) is 99.2 Å². The third-order valence-electron chi connectivity index (χ3n) is 5.66. The van der Waals surface area contributed by atoms with Gasteiger partial charge >= 0.3 is 0 Å². The molecule has 2 aliphatic heterocycles. The van der Waals surface area contributed by atoms with E-state index in [4.69, 9.17) is 10.9 Å². The first-order chi connectivity index (χ1) is 10.1. The summed E-state index contributed by atoms with van der Waals surface area (Å²) in [7, 11) is 0. The number of carbonyl (C=O) groups excluding carboxylic acids is 1. The van der Waals surface area contributed by atoms with Crippen molar-refractivity contribution >= 4 is 11.7 Å². The predicted molar refractivity (Wildman–Crippen MR) is 77.8 cm³/mol. The van der Waals surface area contributed by atoms with Crippen LogP contribution in [-0.4, -0.2) is 45.1 Å². The maximum absolute atomic E-state index is 13.2. The molecule has 0 aromatic rings. The number of rotatable bonds is 2. The summed E-state index contributed by atoms with van der Waals surface area (Å²) in [6.45, 7) is 0. The molecule has 0 spiro atoms. The Kier molecular flexibility index (Phi) is 3.82. The molecule has 2 heterocycles. The van der Waals surface area contributed by atoms with Crippen molar-refractivity contribution in [2.75, 3.05) is 0 Å². The van der Waals surface area contributed by atoms with E-state index in [1.54, 1.807) is 0 Å². The van der Waals surface area contributed by atoms with E-state index in [9.17, 15) is 9.90 Å². The number of amides is 1. The van der Waals surface area contributed by atoms with Crippen LogP contribution in [0, 0.1) is 5.41 Å². The van der Waals surface area contributed by atoms with E-state index in [1.807, 2.05) is 4.90 Å². The van der Waals surface area contributed by atoms with E-state index in [0.717, 1.165) is 32.1 Å². The molecule has 3 aliphatic rings. The zero-order valence-electron chi connectivity index (χ0n) is 12.4. The Bertz CT molecular complexity index is 431. The van der Waals surface area contributed by atoms with Crippen LogP contribution in [0.15, 0.2) is 5.16 Å². The lowest BCUT2D eigenvalue weighted by molar-refractivity contribution is -0.146. The summed E-state index contributed by atoms with van der Waals surface area (Å²) in [5.74, 6) is 0.0922. The Hall–Kier alpha value is -1.30. The van der Waals surface area contributed by atoms with Crippen molar-refractivity contribution in [3.63, 3.8) is 0 Å². The molecular formula is C15H25N3O3. The number of aliphatic hydroxyl groups excluding tert-OH is 1. The van der Waals surface area contributed by atoms with Gasteiger partial charge in [-0.15, -0.1) is 0 Å². The van der Waals surface area contributed by atoms with Crippen LogP contribution in [0.3, 0.4) is 0 Å². The van der Waals surface area contributed by atoms with E-state index in [2.05, 4.69) is 5.16 Å². The summed E-state index contributed by atoms with van der Waals surface area (Å²) in [5, 5.41) is 22.2. The highest BCUT2D eigenvalue weighted by molar-refractivity contribution is 6.07. The number of hydrogen-bond acceptors (Lipinski definition) is 4. The number of oxime groups is 1. The van der Waals surface area contributed by atoms with Crippen LogP contribution in [0.1, 0.15) is 57.8 Å². The summed E-state index contributed by atoms with van der Waals surface area (Å²) in [6.07, 6.45) is 7.25. The molecule has 0 radical (unpaired) electrons. The Morgan fingerprint density at radius 2 is 1.71 bits per heavy atom. The van der Waals surface area contributed by atoms with Crippen molar-refractivity contribution < 1.29 is 15.1 Å². The Balaban J connectivity index is 1.88. The van der Waals surface area contributed by atoms with Gasteiger partial charge in [-0.2, -0.15) is 0 Å². The van der Waals surface area contributed by atoms with Gasteiger partial charge in [-0.25, -0.2) is 0 Å². The average Bonchev–Trinajstić information content (AvgIpc) is 2.78. The minimum absolute atomic E-state index is 0.0249. The molecule has 2 atom stereocenters. The Labute approximate surface area is 125 Å². The Morgan fingerprint density at radius 1 is 1.14 bits per heavy atom. The SMILES string of the molecule is NC(=NO)C1(C(=O)N2C3CCC2CC(O)C3)CCCCC1. The molecule has 6 nitrogen and oxygen atoms in total. The lowest BCUT2D eigenvalue weighted by Gasteiger charge is -2.44. The van der Waals surface area contributed by atoms with Crippen molar-refractivity contribution in [3.05, 3.63) is 0 Å². The van der Waals surface area contributed by atoms with E-state index in [1.165, 1.54) is 0 Å². The van der Waals surface area contributed by atoms with Crippen molar-refractivity contribution in [3.8, 4) is 0 Å². The van der Waals surface area contributed by atoms with Crippen molar-refractivity contribution in [2.45, 2.75) is 76.0 Å². The highest BCUT2D eigenvalue weighted by Crippen LogP contribution is 2.44. The number of amidine groups is 1. The lowest BCUT2D eigenvalue weighted by Crippen LogP contribution is -2.58. The number of hydrogen-bond donors (Lipinski definition) is 3. The second-order valence-electron chi connectivity index (χ2n) is 6.85. The average molecular weight is 295 g/mol. The van der Waals surface area contributed by atoms with Crippen LogP contribution < -0.4 is 5.73 Å². The minimum Gasteiger partial charge on any atom is -0.409 e. The number of nitrogens with two attached hydrogens (primary N) is 1. The zero-order valence-corrected chi connectivity index (χ0v) is 12.4. The summed E-state index contributed by atoms with van der Waals surface area (Å²) in [4.78, 5) is 15.2. The summed E-state index contributed by atoms with van der Waals surface area (Å²) in [5.41, 5.74) is 5.11. The first-order valence-electron chi connectivity index (χ1n) is 8.07. The molecule has 4 N–H and O–H groups in total. The smallest absolute Gasteiger partial charge is 0.237 e. The molecule has 2 saturated heterocycles. The highest BCUT2D eigenvalue weighted by atomic mass is 16.4. The van der Waals surface area contributed by atoms with Crippen LogP contribution in [0.4, 0.5) is 0 Å². The van der Waals surface area contributed by atoms with Crippen LogP contribution in [0.5, 0.6) is 0 Å². The maximum Gasteiger partial charge on any atom is 0.237 e. The van der Waals surface area contributed by atoms with Crippen molar-refractivity contribution in [1.82, 2.24) is 4.90 Å². The largest absolute Gasteiger partial charge is 0.409 e. The first-order valence-corrected chi connectivity index (χ1v) is 8.07. The molecule has 1 saturated carbocycles. The third kappa shape index (κ3) is 2.29. The molecule has 1 aliphatic carbocycles. The molecule has 21 heavy (non-hydrogen) atoms. The second kappa shape index (κ2) is 5.48. The molecule has 6 heteroatoms. The van der Waals surface area contributed by atoms with Crippen LogP contribution in [-0.2, 0) is 4.79 Å². The third-order valence-corrected chi connectivity index (χ3v) is 5.66. The molecule has 3 fully saturated rings. The van der Waals surface area contributed by atoms with Gasteiger partial charge in [0.1, 0.15) is 5.41 Å². The van der Waals surface area contributed by atoms with E-state index in [-0.39, 0.29) is 29.9 Å². The fourth-order valence-corrected chi connectivity index (χ4v) is 4.56. The summed E-state index contributed by atoms with van der Waals surface area (Å²) < 4.78 is 0. The highest BCUT2D eigenvalue weighted by Gasteiger charge is 2.52. The summed E-state index contributed by atoms with van der Waals surface area (Å²) in [6, 6.07) is 0.244. The van der Waals surface area contributed by atoms with E-state index in [0.29, 0.717) is 25.7 Å². The van der Waals surface area contributed by atoms with Gasteiger partial charge < -0.3 is 20.9 Å². The molecule has 0 aromatic heterocycles. The van der Waals surface area contributed by atoms with Gasteiger partial charge in [0.2, 0.25) is 5.91 Å². The van der Waals surface area contributed by atoms with E-state index < -0.39 is 5.41 Å². The van der Waals surface area contributed by atoms with Gasteiger partial charge in [0.15, 0.2) is 5.84 Å². The number of nitrogens with zero attached hydrogens (tertiary/aromatic N) is 2. The van der Waals surface area contributed by atoms with Crippen LogP contribution in [0.25, 0.3) is 0 Å². The maximum atomic E-state index is 13.2. The quantitative estimate of drug-likeness (QED) is 0.308. The first kappa shape index (κ1) is 14.6. The fraction of sp³-hybridized carbons (Fsp3) is 0.867. The number of fused-ring (bicyclic) bond motifs is 2. The van der Waals surface area contributed by atoms with Crippen LogP contribution >= 0.6 is 0 Å². The van der Waals surface area contributed by atoms with Gasteiger partial charge in [-0.3, -0.25) is 4.79 Å². The molecule has 3 rings (SSSR count). The monoisotopic (exact) mass is 295 g/mol. The van der Waals surface area contributed by atoms with E-state index >= 15 is 0 Å². The second-order valence-corrected chi connectivity index (χ2v) is 6.85. The Morgan fingerprint density at radius 3 is 2.24 bits per heavy atom. The van der Waals surface area contributed by atoms with Gasteiger partial charge in [0.25, 0.3) is 0 Å². The lowest BCUT2D eigenvalue weighted by atomic mass is 9.71. The molecule has 2 bridgehead atoms.